The third-order valence-electron chi connectivity index (χ3n) is 4.48. The first-order valence-electron chi connectivity index (χ1n) is 8.18. The summed E-state index contributed by atoms with van der Waals surface area (Å²) < 4.78 is 0. The molecule has 0 fully saturated rings. The molecule has 0 aliphatic heterocycles. The third kappa shape index (κ3) is 2.94. The summed E-state index contributed by atoms with van der Waals surface area (Å²) in [5, 5.41) is 4.24. The smallest absolute Gasteiger partial charge is 0.267 e. The van der Waals surface area contributed by atoms with Crippen LogP contribution in [-0.2, 0) is 6.42 Å². The largest absolute Gasteiger partial charge is 0.271 e. The maximum atomic E-state index is 12.1. The molecule has 4 heteroatoms. The Balaban J connectivity index is 1.55. The van der Waals surface area contributed by atoms with Gasteiger partial charge in [-0.15, -0.1) is 0 Å². The van der Waals surface area contributed by atoms with Crippen molar-refractivity contribution in [3.63, 3.8) is 0 Å². The summed E-state index contributed by atoms with van der Waals surface area (Å²) in [6.45, 7) is 1.90. The Morgan fingerprint density at radius 2 is 1.72 bits per heavy atom. The minimum absolute atomic E-state index is 0.240. The molecule has 1 aliphatic rings. The Labute approximate surface area is 146 Å². The van der Waals surface area contributed by atoms with Crippen LogP contribution in [0.15, 0.2) is 72.1 Å². The first-order valence-corrected chi connectivity index (χ1v) is 8.18. The molecule has 4 nitrogen and oxygen atoms in total. The highest BCUT2D eigenvalue weighted by Gasteiger charge is 2.18. The van der Waals surface area contributed by atoms with Crippen molar-refractivity contribution in [2.24, 2.45) is 5.10 Å². The van der Waals surface area contributed by atoms with E-state index in [1.807, 2.05) is 6.92 Å². The fourth-order valence-electron chi connectivity index (χ4n) is 3.14. The van der Waals surface area contributed by atoms with Crippen LogP contribution in [0.3, 0.4) is 0 Å². The van der Waals surface area contributed by atoms with Crippen LogP contribution in [0.2, 0.25) is 0 Å². The molecule has 0 atom stereocenters. The fraction of sp³-hybridized carbons (Fsp3) is 0.0952. The summed E-state index contributed by atoms with van der Waals surface area (Å²) in [4.78, 5) is 16.0. The van der Waals surface area contributed by atoms with E-state index in [-0.39, 0.29) is 5.91 Å². The van der Waals surface area contributed by atoms with E-state index < -0.39 is 0 Å². The number of amides is 1. The van der Waals surface area contributed by atoms with Crippen LogP contribution >= 0.6 is 0 Å². The van der Waals surface area contributed by atoms with Gasteiger partial charge in [-0.2, -0.15) is 5.10 Å². The highest BCUT2D eigenvalue weighted by Crippen LogP contribution is 2.36. The molecule has 0 saturated heterocycles. The van der Waals surface area contributed by atoms with Crippen molar-refractivity contribution in [1.82, 2.24) is 10.4 Å². The Morgan fingerprint density at radius 1 is 0.960 bits per heavy atom. The molecule has 25 heavy (non-hydrogen) atoms. The fourth-order valence-corrected chi connectivity index (χ4v) is 3.14. The van der Waals surface area contributed by atoms with E-state index in [1.54, 1.807) is 24.5 Å². The number of pyridine rings is 1. The molecule has 1 amide bonds. The van der Waals surface area contributed by atoms with Gasteiger partial charge in [0.25, 0.3) is 5.91 Å². The highest BCUT2D eigenvalue weighted by atomic mass is 16.2. The van der Waals surface area contributed by atoms with Crippen molar-refractivity contribution < 1.29 is 4.79 Å². The number of hydrogen-bond donors (Lipinski definition) is 1. The Morgan fingerprint density at radius 3 is 2.56 bits per heavy atom. The normalized spacial score (nSPS) is 12.4. The van der Waals surface area contributed by atoms with E-state index in [1.165, 1.54) is 22.3 Å². The molecule has 122 valence electrons. The standard InChI is InChI=1S/C21H17N3O/c1-14(23-24-21(25)15-8-10-22-11-9-15)16-6-7-20-18(12-16)13-17-4-2-3-5-19(17)20/h2-12H,13H2,1H3,(H,24,25)/b23-14-. The van der Waals surface area contributed by atoms with Gasteiger partial charge in [0.15, 0.2) is 0 Å². The lowest BCUT2D eigenvalue weighted by molar-refractivity contribution is 0.0954. The van der Waals surface area contributed by atoms with Crippen molar-refractivity contribution in [2.75, 3.05) is 0 Å². The van der Waals surface area contributed by atoms with Crippen LogP contribution in [0.4, 0.5) is 0 Å². The molecule has 3 aromatic rings. The van der Waals surface area contributed by atoms with Gasteiger partial charge in [-0.25, -0.2) is 5.43 Å². The van der Waals surface area contributed by atoms with Gasteiger partial charge in [-0.3, -0.25) is 9.78 Å². The Hall–Kier alpha value is -3.27. The number of carbonyl (C=O) groups excluding carboxylic acids is 1. The maximum Gasteiger partial charge on any atom is 0.271 e. The lowest BCUT2D eigenvalue weighted by Crippen LogP contribution is -2.19. The number of hydrogen-bond acceptors (Lipinski definition) is 3. The molecule has 1 heterocycles. The van der Waals surface area contributed by atoms with Gasteiger partial charge in [0.1, 0.15) is 0 Å². The van der Waals surface area contributed by atoms with Crippen LogP contribution < -0.4 is 5.43 Å². The predicted molar refractivity (Wildman–Crippen MR) is 98.6 cm³/mol. The molecular formula is C21H17N3O. The van der Waals surface area contributed by atoms with Crippen LogP contribution in [-0.4, -0.2) is 16.6 Å². The molecule has 1 aromatic heterocycles. The van der Waals surface area contributed by atoms with Crippen molar-refractivity contribution in [1.29, 1.82) is 0 Å². The predicted octanol–water partition coefficient (Wildman–Crippen LogP) is 3.81. The lowest BCUT2D eigenvalue weighted by atomic mass is 10.0. The van der Waals surface area contributed by atoms with Crippen LogP contribution in [0, 0.1) is 0 Å². The number of hydrazone groups is 1. The SMILES string of the molecule is C/C(=N/NC(=O)c1ccncc1)c1ccc2c(c1)Cc1ccccc1-2. The van der Waals surface area contributed by atoms with E-state index in [0.29, 0.717) is 5.56 Å². The summed E-state index contributed by atoms with van der Waals surface area (Å²) in [5.74, 6) is -0.240. The lowest BCUT2D eigenvalue weighted by Gasteiger charge is -2.06. The number of fused-ring (bicyclic) bond motifs is 3. The molecule has 1 N–H and O–H groups in total. The molecule has 0 radical (unpaired) electrons. The molecular weight excluding hydrogens is 310 g/mol. The van der Waals surface area contributed by atoms with E-state index in [9.17, 15) is 4.79 Å². The summed E-state index contributed by atoms with van der Waals surface area (Å²) in [5.41, 5.74) is 10.2. The zero-order valence-electron chi connectivity index (χ0n) is 13.9. The Bertz CT molecular complexity index is 977. The number of nitrogens with zero attached hydrogens (tertiary/aromatic N) is 2. The second kappa shape index (κ2) is 6.32. The van der Waals surface area contributed by atoms with E-state index >= 15 is 0 Å². The van der Waals surface area contributed by atoms with Crippen molar-refractivity contribution in [3.8, 4) is 11.1 Å². The van der Waals surface area contributed by atoms with Gasteiger partial charge in [0.05, 0.1) is 5.71 Å². The number of benzene rings is 2. The third-order valence-corrected chi connectivity index (χ3v) is 4.48. The average Bonchev–Trinajstić information content (AvgIpc) is 3.04. The average molecular weight is 327 g/mol. The van der Waals surface area contributed by atoms with Crippen molar-refractivity contribution >= 4 is 11.6 Å². The number of nitrogens with one attached hydrogen (secondary N) is 1. The minimum atomic E-state index is -0.240. The van der Waals surface area contributed by atoms with Gasteiger partial charge in [0, 0.05) is 18.0 Å². The van der Waals surface area contributed by atoms with Gasteiger partial charge < -0.3 is 0 Å². The zero-order chi connectivity index (χ0) is 17.2. The molecule has 0 unspecified atom stereocenters. The monoisotopic (exact) mass is 327 g/mol. The van der Waals surface area contributed by atoms with Gasteiger partial charge in [-0.05, 0) is 59.4 Å². The molecule has 2 aromatic carbocycles. The minimum Gasteiger partial charge on any atom is -0.267 e. The molecule has 0 spiro atoms. The van der Waals surface area contributed by atoms with Crippen LogP contribution in [0.25, 0.3) is 11.1 Å². The summed E-state index contributed by atoms with van der Waals surface area (Å²) in [6.07, 6.45) is 4.11. The first-order chi connectivity index (χ1) is 12.2. The number of rotatable bonds is 3. The summed E-state index contributed by atoms with van der Waals surface area (Å²) in [6, 6.07) is 18.2. The Kier molecular flexibility index (Phi) is 3.86. The van der Waals surface area contributed by atoms with E-state index in [2.05, 4.69) is 58.0 Å². The summed E-state index contributed by atoms with van der Waals surface area (Å²) >= 11 is 0. The second-order valence-electron chi connectivity index (χ2n) is 6.08. The van der Waals surface area contributed by atoms with Crippen LogP contribution in [0.5, 0.6) is 0 Å². The van der Waals surface area contributed by atoms with Gasteiger partial charge in [0.2, 0.25) is 0 Å². The van der Waals surface area contributed by atoms with Gasteiger partial charge >= 0.3 is 0 Å². The van der Waals surface area contributed by atoms with Crippen LogP contribution in [0.1, 0.15) is 34.0 Å². The number of aromatic nitrogens is 1. The van der Waals surface area contributed by atoms with Gasteiger partial charge in [-0.1, -0.05) is 36.4 Å². The zero-order valence-corrected chi connectivity index (χ0v) is 13.9. The molecule has 0 bridgehead atoms. The second-order valence-corrected chi connectivity index (χ2v) is 6.08. The topological polar surface area (TPSA) is 54.4 Å². The van der Waals surface area contributed by atoms with Crippen molar-refractivity contribution in [3.05, 3.63) is 89.2 Å². The highest BCUT2D eigenvalue weighted by molar-refractivity contribution is 6.01. The molecule has 4 rings (SSSR count). The van der Waals surface area contributed by atoms with E-state index in [0.717, 1.165) is 17.7 Å². The molecule has 1 aliphatic carbocycles. The summed E-state index contributed by atoms with van der Waals surface area (Å²) in [7, 11) is 0. The molecule has 0 saturated carbocycles. The maximum absolute atomic E-state index is 12.1. The quantitative estimate of drug-likeness (QED) is 0.459. The van der Waals surface area contributed by atoms with E-state index in [4.69, 9.17) is 0 Å². The number of carbonyl (C=O) groups is 1. The van der Waals surface area contributed by atoms with Crippen molar-refractivity contribution in [2.45, 2.75) is 13.3 Å². The first kappa shape index (κ1) is 15.3.